The molecule has 0 bridgehead atoms. The van der Waals surface area contributed by atoms with Crippen LogP contribution >= 0.6 is 15.6 Å². The fourth-order valence-corrected chi connectivity index (χ4v) is 3.84. The predicted octanol–water partition coefficient (Wildman–Crippen LogP) is 4.57. The van der Waals surface area contributed by atoms with Crippen molar-refractivity contribution in [3.63, 3.8) is 0 Å². The molecule has 0 aliphatic carbocycles. The van der Waals surface area contributed by atoms with Gasteiger partial charge in [-0.2, -0.15) is 4.31 Å². The van der Waals surface area contributed by atoms with E-state index in [0.717, 1.165) is 4.90 Å². The molecule has 11 nitrogen and oxygen atoms in total. The van der Waals surface area contributed by atoms with Gasteiger partial charge in [-0.3, -0.25) is 4.52 Å². The minimum absolute atomic E-state index is 0.0700. The normalized spacial score (nSPS) is 14.2. The highest BCUT2D eigenvalue weighted by atomic mass is 31.3. The van der Waals surface area contributed by atoms with Gasteiger partial charge in [-0.05, 0) is 25.3 Å². The first-order chi connectivity index (χ1) is 14.2. The summed E-state index contributed by atoms with van der Waals surface area (Å²) in [5, 5.41) is 2.60. The molecule has 0 saturated carbocycles. The lowest BCUT2D eigenvalue weighted by molar-refractivity contribution is 0.191. The standard InChI is InChI=1S/C14H18F4N4O7P2/c1-8(5-7-28-31(26,27)29-30(23,24)25)4-3-6-22(2)14-11(17)9(15)13(20-21-19)10(16)12(14)18/h5H,3-4,6-7H2,1-2H3,(H,26,27)(H2,23,24,25)/b8-5+. The molecule has 0 heterocycles. The van der Waals surface area contributed by atoms with Gasteiger partial charge in [0.25, 0.3) is 0 Å². The van der Waals surface area contributed by atoms with Crippen molar-refractivity contribution in [2.45, 2.75) is 19.8 Å². The first-order valence-corrected chi connectivity index (χ1v) is 11.2. The Bertz CT molecular complexity index is 968. The Morgan fingerprint density at radius 2 is 1.71 bits per heavy atom. The van der Waals surface area contributed by atoms with Crippen LogP contribution in [0.4, 0.5) is 28.9 Å². The van der Waals surface area contributed by atoms with Crippen molar-refractivity contribution in [2.24, 2.45) is 5.11 Å². The van der Waals surface area contributed by atoms with Crippen molar-refractivity contribution in [3.05, 3.63) is 45.4 Å². The van der Waals surface area contributed by atoms with E-state index in [2.05, 4.69) is 18.9 Å². The van der Waals surface area contributed by atoms with E-state index in [1.165, 1.54) is 13.1 Å². The number of phosphoric ester groups is 1. The Kier molecular flexibility index (Phi) is 9.68. The summed E-state index contributed by atoms with van der Waals surface area (Å²) in [6.45, 7) is 0.958. The fraction of sp³-hybridized carbons (Fsp3) is 0.429. The van der Waals surface area contributed by atoms with Gasteiger partial charge in [-0.15, -0.1) is 0 Å². The van der Waals surface area contributed by atoms with E-state index in [0.29, 0.717) is 5.57 Å². The third-order valence-electron chi connectivity index (χ3n) is 3.69. The SMILES string of the molecule is C/C(=C\COP(=O)(O)OP(=O)(O)O)CCCN(C)c1c(F)c(F)c(N=[N+]=[N-])c(F)c1F. The molecule has 0 spiro atoms. The Balaban J connectivity index is 2.73. The zero-order valence-electron chi connectivity index (χ0n) is 16.1. The van der Waals surface area contributed by atoms with E-state index in [1.54, 1.807) is 6.92 Å². The first-order valence-electron chi connectivity index (χ1n) is 8.22. The molecular weight excluding hydrogens is 474 g/mol. The quantitative estimate of drug-likeness (QED) is 0.0768. The van der Waals surface area contributed by atoms with Crippen LogP contribution in [0.1, 0.15) is 19.8 Å². The summed E-state index contributed by atoms with van der Waals surface area (Å²) in [5.74, 6) is -7.13. The van der Waals surface area contributed by atoms with Crippen molar-refractivity contribution >= 4 is 27.0 Å². The van der Waals surface area contributed by atoms with Gasteiger partial charge in [0.1, 0.15) is 11.4 Å². The monoisotopic (exact) mass is 492 g/mol. The van der Waals surface area contributed by atoms with Crippen LogP contribution in [0.2, 0.25) is 0 Å². The van der Waals surface area contributed by atoms with Crippen molar-refractivity contribution in [2.75, 3.05) is 25.1 Å². The van der Waals surface area contributed by atoms with E-state index in [9.17, 15) is 26.7 Å². The van der Waals surface area contributed by atoms with E-state index in [4.69, 9.17) is 20.2 Å². The Morgan fingerprint density at radius 1 is 1.16 bits per heavy atom. The van der Waals surface area contributed by atoms with Gasteiger partial charge in [0.05, 0.1) is 6.61 Å². The molecule has 0 saturated heterocycles. The van der Waals surface area contributed by atoms with Gasteiger partial charge in [-0.25, -0.2) is 26.7 Å². The largest absolute Gasteiger partial charge is 0.481 e. The molecule has 1 unspecified atom stereocenters. The number of phosphoric acid groups is 2. The summed E-state index contributed by atoms with van der Waals surface area (Å²) >= 11 is 0. The number of allylic oxidation sites excluding steroid dienone is 1. The topological polar surface area (TPSA) is 165 Å². The van der Waals surface area contributed by atoms with E-state index in [-0.39, 0.29) is 19.4 Å². The van der Waals surface area contributed by atoms with Gasteiger partial charge < -0.3 is 19.6 Å². The number of hydrogen-bond donors (Lipinski definition) is 3. The summed E-state index contributed by atoms with van der Waals surface area (Å²) < 4.78 is 85.6. The molecule has 17 heteroatoms. The first kappa shape index (κ1) is 27.1. The number of hydrogen-bond acceptors (Lipinski definition) is 6. The van der Waals surface area contributed by atoms with Crippen molar-refractivity contribution < 1.29 is 50.2 Å². The van der Waals surface area contributed by atoms with Crippen LogP contribution in [-0.4, -0.2) is 34.9 Å². The maximum absolute atomic E-state index is 14.1. The number of rotatable bonds is 11. The lowest BCUT2D eigenvalue weighted by Crippen LogP contribution is -2.22. The molecule has 1 aromatic rings. The zero-order chi connectivity index (χ0) is 24.0. The van der Waals surface area contributed by atoms with Crippen LogP contribution in [0.15, 0.2) is 16.8 Å². The molecule has 0 fully saturated rings. The van der Waals surface area contributed by atoms with Crippen molar-refractivity contribution in [1.29, 1.82) is 0 Å². The van der Waals surface area contributed by atoms with Crippen molar-refractivity contribution in [3.8, 4) is 0 Å². The Morgan fingerprint density at radius 3 is 2.19 bits per heavy atom. The fourth-order valence-electron chi connectivity index (χ4n) is 2.32. The Labute approximate surface area is 173 Å². The predicted molar refractivity (Wildman–Crippen MR) is 100 cm³/mol. The molecule has 0 aliphatic rings. The second kappa shape index (κ2) is 11.1. The second-order valence-corrected chi connectivity index (χ2v) is 8.88. The zero-order valence-corrected chi connectivity index (χ0v) is 17.9. The minimum atomic E-state index is -5.23. The number of nitrogens with zero attached hydrogens (tertiary/aromatic N) is 4. The van der Waals surface area contributed by atoms with Crippen molar-refractivity contribution in [1.82, 2.24) is 0 Å². The number of anilines is 1. The van der Waals surface area contributed by atoms with E-state index < -0.39 is 56.9 Å². The van der Waals surface area contributed by atoms with E-state index >= 15 is 0 Å². The van der Waals surface area contributed by atoms with Gasteiger partial charge in [-0.1, -0.05) is 16.8 Å². The molecule has 0 aliphatic heterocycles. The molecular formula is C14H18F4N4O7P2. The molecule has 31 heavy (non-hydrogen) atoms. The van der Waals surface area contributed by atoms with Crippen LogP contribution < -0.4 is 4.90 Å². The van der Waals surface area contributed by atoms with Crippen LogP contribution in [0, 0.1) is 23.3 Å². The molecule has 174 valence electrons. The average Bonchev–Trinajstić information content (AvgIpc) is 2.61. The molecule has 0 amide bonds. The maximum Gasteiger partial charge on any atom is 0.481 e. The van der Waals surface area contributed by atoms with Gasteiger partial charge in [0, 0.05) is 18.5 Å². The third kappa shape index (κ3) is 8.24. The van der Waals surface area contributed by atoms with E-state index in [1.807, 2.05) is 0 Å². The third-order valence-corrected chi connectivity index (χ3v) is 5.84. The van der Waals surface area contributed by atoms with Crippen LogP contribution in [0.5, 0.6) is 0 Å². The maximum atomic E-state index is 14.1. The highest BCUT2D eigenvalue weighted by molar-refractivity contribution is 7.60. The second-order valence-electron chi connectivity index (χ2n) is 6.05. The molecule has 1 atom stereocenters. The minimum Gasteiger partial charge on any atom is -0.370 e. The summed E-state index contributed by atoms with van der Waals surface area (Å²) in [7, 11) is -9.04. The number of halogens is 4. The number of azide groups is 1. The molecule has 1 aromatic carbocycles. The molecule has 0 radical (unpaired) electrons. The summed E-state index contributed by atoms with van der Waals surface area (Å²) in [6.07, 6.45) is 1.77. The lowest BCUT2D eigenvalue weighted by Gasteiger charge is -2.21. The molecule has 3 N–H and O–H groups in total. The summed E-state index contributed by atoms with van der Waals surface area (Å²) in [6, 6.07) is 0. The molecule has 1 rings (SSSR count). The Hall–Kier alpha value is -1.95. The van der Waals surface area contributed by atoms with Crippen LogP contribution in [-0.2, 0) is 18.0 Å². The summed E-state index contributed by atoms with van der Waals surface area (Å²) in [5.41, 5.74) is 6.38. The van der Waals surface area contributed by atoms with Crippen LogP contribution in [0.25, 0.3) is 10.4 Å². The number of benzene rings is 1. The summed E-state index contributed by atoms with van der Waals surface area (Å²) in [4.78, 5) is 29.1. The van der Waals surface area contributed by atoms with Gasteiger partial charge in [0.2, 0.25) is 0 Å². The molecule has 0 aromatic heterocycles. The highest BCUT2D eigenvalue weighted by Crippen LogP contribution is 2.57. The van der Waals surface area contributed by atoms with Crippen LogP contribution in [0.3, 0.4) is 0 Å². The smallest absolute Gasteiger partial charge is 0.370 e. The van der Waals surface area contributed by atoms with Gasteiger partial charge in [0.15, 0.2) is 23.3 Å². The average molecular weight is 492 g/mol. The highest BCUT2D eigenvalue weighted by Gasteiger charge is 2.32. The lowest BCUT2D eigenvalue weighted by atomic mass is 10.1. The van der Waals surface area contributed by atoms with Gasteiger partial charge >= 0.3 is 15.6 Å².